The molecule has 7 heteroatoms. The molecule has 1 N–H and O–H groups in total. The molecule has 1 aromatic carbocycles. The Bertz CT molecular complexity index is 937. The highest BCUT2D eigenvalue weighted by molar-refractivity contribution is 7.18. The Kier molecular flexibility index (Phi) is 4.94. The number of thiazole rings is 1. The molecule has 27 heavy (non-hydrogen) atoms. The molecule has 2 aromatic heterocycles. The highest BCUT2D eigenvalue weighted by Crippen LogP contribution is 2.33. The number of furan rings is 1. The molecule has 0 unspecified atom stereocenters. The zero-order valence-corrected chi connectivity index (χ0v) is 15.9. The monoisotopic (exact) mass is 383 g/mol. The molecule has 0 aliphatic carbocycles. The van der Waals surface area contributed by atoms with Crippen LogP contribution in [-0.4, -0.2) is 41.3 Å². The van der Waals surface area contributed by atoms with Crippen LogP contribution in [0.5, 0.6) is 0 Å². The number of amides is 2. The number of fused-ring (bicyclic) bond motifs is 1. The predicted octanol–water partition coefficient (Wildman–Crippen LogP) is 3.33. The van der Waals surface area contributed by atoms with E-state index in [1.54, 1.807) is 24.3 Å². The molecule has 0 spiro atoms. The van der Waals surface area contributed by atoms with E-state index in [-0.39, 0.29) is 18.4 Å². The first-order valence-corrected chi connectivity index (χ1v) is 9.89. The summed E-state index contributed by atoms with van der Waals surface area (Å²) in [6.45, 7) is 3.12. The van der Waals surface area contributed by atoms with Gasteiger partial charge in [0.2, 0.25) is 5.91 Å². The number of hydrogen-bond acceptors (Lipinski definition) is 5. The average molecular weight is 383 g/mol. The lowest BCUT2D eigenvalue weighted by molar-refractivity contribution is -0.131. The fraction of sp³-hybridized carbons (Fsp3) is 0.350. The van der Waals surface area contributed by atoms with E-state index in [9.17, 15) is 9.59 Å². The van der Waals surface area contributed by atoms with Crippen molar-refractivity contribution in [3.8, 4) is 0 Å². The Balaban J connectivity index is 1.30. The van der Waals surface area contributed by atoms with Crippen LogP contribution < -0.4 is 5.32 Å². The van der Waals surface area contributed by atoms with E-state index in [0.717, 1.165) is 23.4 Å². The van der Waals surface area contributed by atoms with Gasteiger partial charge in [-0.15, -0.1) is 11.3 Å². The fourth-order valence-electron chi connectivity index (χ4n) is 3.42. The molecule has 0 atom stereocenters. The Morgan fingerprint density at radius 2 is 2.04 bits per heavy atom. The first-order chi connectivity index (χ1) is 13.1. The summed E-state index contributed by atoms with van der Waals surface area (Å²) in [4.78, 5) is 31.1. The van der Waals surface area contributed by atoms with Gasteiger partial charge in [0.15, 0.2) is 0 Å². The van der Waals surface area contributed by atoms with Crippen LogP contribution in [0.1, 0.15) is 39.9 Å². The number of nitrogens with one attached hydrogen (secondary N) is 1. The van der Waals surface area contributed by atoms with Crippen molar-refractivity contribution in [2.75, 3.05) is 19.6 Å². The van der Waals surface area contributed by atoms with Gasteiger partial charge in [0.1, 0.15) is 5.76 Å². The van der Waals surface area contributed by atoms with Gasteiger partial charge in [0, 0.05) is 19.0 Å². The second kappa shape index (κ2) is 7.52. The summed E-state index contributed by atoms with van der Waals surface area (Å²) >= 11 is 1.75. The highest BCUT2D eigenvalue weighted by atomic mass is 32.1. The third-order valence-electron chi connectivity index (χ3n) is 5.01. The molecule has 3 heterocycles. The van der Waals surface area contributed by atoms with Crippen molar-refractivity contribution in [1.82, 2.24) is 15.2 Å². The van der Waals surface area contributed by atoms with E-state index in [1.165, 1.54) is 11.0 Å². The van der Waals surface area contributed by atoms with Crippen molar-refractivity contribution < 1.29 is 14.0 Å². The molecular weight excluding hydrogens is 362 g/mol. The number of carbonyl (C=O) groups excluding carboxylic acids is 2. The Morgan fingerprint density at radius 1 is 1.26 bits per heavy atom. The number of rotatable bonds is 4. The SMILES string of the molecule is Cc1occc1C(=O)NCC(=O)N1CCC(c2nc3ccccc3s2)CC1. The molecule has 6 nitrogen and oxygen atoms in total. The van der Waals surface area contributed by atoms with Gasteiger partial charge in [0.05, 0.1) is 33.6 Å². The second-order valence-electron chi connectivity index (χ2n) is 6.75. The number of nitrogens with zero attached hydrogens (tertiary/aromatic N) is 2. The number of benzene rings is 1. The van der Waals surface area contributed by atoms with Crippen LogP contribution in [0.3, 0.4) is 0 Å². The summed E-state index contributed by atoms with van der Waals surface area (Å²) in [7, 11) is 0. The largest absolute Gasteiger partial charge is 0.469 e. The molecule has 140 valence electrons. The van der Waals surface area contributed by atoms with Crippen LogP contribution in [0.4, 0.5) is 0 Å². The molecular formula is C20H21N3O3S. The lowest BCUT2D eigenvalue weighted by Gasteiger charge is -2.31. The maximum atomic E-state index is 12.4. The zero-order chi connectivity index (χ0) is 18.8. The maximum Gasteiger partial charge on any atom is 0.255 e. The topological polar surface area (TPSA) is 75.4 Å². The van der Waals surface area contributed by atoms with E-state index < -0.39 is 0 Å². The van der Waals surface area contributed by atoms with Gasteiger partial charge in [-0.3, -0.25) is 9.59 Å². The number of carbonyl (C=O) groups is 2. The molecule has 1 saturated heterocycles. The maximum absolute atomic E-state index is 12.4. The normalized spacial score (nSPS) is 15.2. The van der Waals surface area contributed by atoms with E-state index in [4.69, 9.17) is 9.40 Å². The zero-order valence-electron chi connectivity index (χ0n) is 15.1. The quantitative estimate of drug-likeness (QED) is 0.750. The molecule has 1 fully saturated rings. The summed E-state index contributed by atoms with van der Waals surface area (Å²) in [5.74, 6) is 0.623. The molecule has 0 bridgehead atoms. The molecule has 4 rings (SSSR count). The smallest absolute Gasteiger partial charge is 0.255 e. The fourth-order valence-corrected chi connectivity index (χ4v) is 4.56. The number of aryl methyl sites for hydroxylation is 1. The van der Waals surface area contributed by atoms with E-state index >= 15 is 0 Å². The number of aromatic nitrogens is 1. The molecule has 2 amide bonds. The van der Waals surface area contributed by atoms with Crippen LogP contribution in [-0.2, 0) is 4.79 Å². The summed E-state index contributed by atoms with van der Waals surface area (Å²) in [6, 6.07) is 9.79. The standard InChI is InChI=1S/C20H21N3O3S/c1-13-15(8-11-26-13)19(25)21-12-18(24)23-9-6-14(7-10-23)20-22-16-4-2-3-5-17(16)27-20/h2-5,8,11,14H,6-7,9-10,12H2,1H3,(H,21,25). The third-order valence-corrected chi connectivity index (χ3v) is 6.21. The first kappa shape index (κ1) is 17.7. The lowest BCUT2D eigenvalue weighted by atomic mass is 9.97. The number of likely N-dealkylation sites (tertiary alicyclic amines) is 1. The van der Waals surface area contributed by atoms with E-state index in [0.29, 0.717) is 30.3 Å². The van der Waals surface area contributed by atoms with Crippen molar-refractivity contribution >= 4 is 33.4 Å². The summed E-state index contributed by atoms with van der Waals surface area (Å²) in [6.07, 6.45) is 3.28. The van der Waals surface area contributed by atoms with Crippen molar-refractivity contribution in [3.05, 3.63) is 52.9 Å². The summed E-state index contributed by atoms with van der Waals surface area (Å²) in [5.41, 5.74) is 1.52. The molecule has 3 aromatic rings. The minimum absolute atomic E-state index is 0.00918. The highest BCUT2D eigenvalue weighted by Gasteiger charge is 2.26. The summed E-state index contributed by atoms with van der Waals surface area (Å²) in [5, 5.41) is 3.84. The van der Waals surface area contributed by atoms with Crippen molar-refractivity contribution in [3.63, 3.8) is 0 Å². The van der Waals surface area contributed by atoms with Gasteiger partial charge in [-0.05, 0) is 38.0 Å². The molecule has 1 aliphatic rings. The number of hydrogen-bond donors (Lipinski definition) is 1. The Hall–Kier alpha value is -2.67. The van der Waals surface area contributed by atoms with Crippen LogP contribution in [0.25, 0.3) is 10.2 Å². The average Bonchev–Trinajstić information content (AvgIpc) is 3.32. The van der Waals surface area contributed by atoms with Gasteiger partial charge in [-0.25, -0.2) is 4.98 Å². The predicted molar refractivity (Wildman–Crippen MR) is 104 cm³/mol. The van der Waals surface area contributed by atoms with Gasteiger partial charge in [-0.1, -0.05) is 12.1 Å². The minimum Gasteiger partial charge on any atom is -0.469 e. The first-order valence-electron chi connectivity index (χ1n) is 9.07. The van der Waals surface area contributed by atoms with Gasteiger partial charge >= 0.3 is 0 Å². The molecule has 0 saturated carbocycles. The number of para-hydroxylation sites is 1. The summed E-state index contributed by atoms with van der Waals surface area (Å²) < 4.78 is 6.33. The number of piperidine rings is 1. The Labute approximate surface area is 161 Å². The van der Waals surface area contributed by atoms with Gasteiger partial charge in [-0.2, -0.15) is 0 Å². The van der Waals surface area contributed by atoms with Crippen molar-refractivity contribution in [2.45, 2.75) is 25.7 Å². The van der Waals surface area contributed by atoms with E-state index in [1.807, 2.05) is 23.1 Å². The molecule has 1 aliphatic heterocycles. The van der Waals surface area contributed by atoms with Crippen LogP contribution in [0, 0.1) is 6.92 Å². The molecule has 0 radical (unpaired) electrons. The van der Waals surface area contributed by atoms with Crippen LogP contribution in [0.2, 0.25) is 0 Å². The van der Waals surface area contributed by atoms with Crippen molar-refractivity contribution in [2.24, 2.45) is 0 Å². The van der Waals surface area contributed by atoms with Crippen LogP contribution >= 0.6 is 11.3 Å². The van der Waals surface area contributed by atoms with Crippen LogP contribution in [0.15, 0.2) is 41.0 Å². The van der Waals surface area contributed by atoms with Gasteiger partial charge < -0.3 is 14.6 Å². The van der Waals surface area contributed by atoms with E-state index in [2.05, 4.69) is 11.4 Å². The second-order valence-corrected chi connectivity index (χ2v) is 7.81. The van der Waals surface area contributed by atoms with Gasteiger partial charge in [0.25, 0.3) is 5.91 Å². The minimum atomic E-state index is -0.279. The Morgan fingerprint density at radius 3 is 2.74 bits per heavy atom. The third kappa shape index (κ3) is 3.73. The van der Waals surface area contributed by atoms with Crippen molar-refractivity contribution in [1.29, 1.82) is 0 Å². The lowest BCUT2D eigenvalue weighted by Crippen LogP contribution is -2.43.